The summed E-state index contributed by atoms with van der Waals surface area (Å²) in [4.78, 5) is 27.4. The lowest BCUT2D eigenvalue weighted by Crippen LogP contribution is -2.45. The Morgan fingerprint density at radius 3 is 2.58 bits per heavy atom. The first-order chi connectivity index (χ1) is 14.7. The second kappa shape index (κ2) is 10.2. The predicted octanol–water partition coefficient (Wildman–Crippen LogP) is 4.84. The number of halogens is 3. The van der Waals surface area contributed by atoms with Gasteiger partial charge in [0.25, 0.3) is 5.91 Å². The Morgan fingerprint density at radius 2 is 1.90 bits per heavy atom. The van der Waals surface area contributed by atoms with E-state index < -0.39 is 6.61 Å². The van der Waals surface area contributed by atoms with Gasteiger partial charge in [0.1, 0.15) is 5.75 Å². The van der Waals surface area contributed by atoms with Crippen LogP contribution in [0.15, 0.2) is 40.9 Å². The van der Waals surface area contributed by atoms with Crippen LogP contribution in [0.1, 0.15) is 39.9 Å². The summed E-state index contributed by atoms with van der Waals surface area (Å²) >= 11 is 3.30. The topological polar surface area (TPSA) is 58.6 Å². The summed E-state index contributed by atoms with van der Waals surface area (Å²) in [6.45, 7) is 1.94. The summed E-state index contributed by atoms with van der Waals surface area (Å²) in [6.07, 6.45) is 1.40. The van der Waals surface area contributed by atoms with Crippen LogP contribution in [-0.2, 0) is 11.3 Å². The van der Waals surface area contributed by atoms with E-state index in [9.17, 15) is 18.4 Å². The maximum atomic E-state index is 12.9. The Kier molecular flexibility index (Phi) is 7.64. The van der Waals surface area contributed by atoms with Crippen molar-refractivity contribution in [1.82, 2.24) is 10.2 Å². The first-order valence-electron chi connectivity index (χ1n) is 10.1. The fraction of sp³-hybridized carbons (Fsp3) is 0.391. The van der Waals surface area contributed by atoms with Crippen LogP contribution in [0.25, 0.3) is 0 Å². The van der Waals surface area contributed by atoms with Crippen LogP contribution in [-0.4, -0.2) is 36.4 Å². The molecule has 0 saturated carbocycles. The average Bonchev–Trinajstić information content (AvgIpc) is 2.72. The van der Waals surface area contributed by atoms with Gasteiger partial charge in [-0.3, -0.25) is 9.59 Å². The smallest absolute Gasteiger partial charge is 0.387 e. The SMILES string of the molecule is Cc1cc(C)cc(C(=O)N2CCCC(C(=O)NCc3cc(Br)ccc3OC(F)F)C2)c1. The largest absolute Gasteiger partial charge is 0.434 e. The second-order valence-corrected chi connectivity index (χ2v) is 8.73. The molecule has 0 radical (unpaired) electrons. The molecule has 31 heavy (non-hydrogen) atoms. The molecule has 1 aliphatic rings. The third-order valence-electron chi connectivity index (χ3n) is 5.24. The molecular formula is C23H25BrF2N2O3. The second-order valence-electron chi connectivity index (χ2n) is 7.82. The van der Waals surface area contributed by atoms with Crippen molar-refractivity contribution in [2.24, 2.45) is 5.92 Å². The number of likely N-dealkylation sites (tertiary alicyclic amines) is 1. The zero-order valence-corrected chi connectivity index (χ0v) is 19.0. The van der Waals surface area contributed by atoms with E-state index in [2.05, 4.69) is 26.0 Å². The number of benzene rings is 2. The minimum absolute atomic E-state index is 0.0220. The van der Waals surface area contributed by atoms with E-state index in [1.807, 2.05) is 32.0 Å². The van der Waals surface area contributed by atoms with E-state index in [0.717, 1.165) is 17.5 Å². The number of hydrogen-bond donors (Lipinski definition) is 1. The standard InChI is InChI=1S/C23H25BrF2N2O3/c1-14-8-15(2)10-17(9-14)22(30)28-7-3-4-16(13-28)21(29)27-12-18-11-19(24)5-6-20(18)31-23(25)26/h5-6,8-11,16,23H,3-4,7,12-13H2,1-2H3,(H,27,29). The molecule has 2 aromatic rings. The minimum atomic E-state index is -2.95. The normalized spacial score (nSPS) is 16.3. The molecule has 1 heterocycles. The highest BCUT2D eigenvalue weighted by Crippen LogP contribution is 2.25. The molecule has 166 valence electrons. The molecule has 0 bridgehead atoms. The Bertz CT molecular complexity index is 948. The molecule has 3 rings (SSSR count). The van der Waals surface area contributed by atoms with Gasteiger partial charge in [-0.25, -0.2) is 0 Å². The number of carbonyl (C=O) groups excluding carboxylic acids is 2. The number of aryl methyl sites for hydroxylation is 2. The molecular weight excluding hydrogens is 470 g/mol. The Hall–Kier alpha value is -2.48. The van der Waals surface area contributed by atoms with Crippen molar-refractivity contribution in [3.63, 3.8) is 0 Å². The molecule has 0 aliphatic carbocycles. The molecule has 0 aromatic heterocycles. The zero-order valence-electron chi connectivity index (χ0n) is 17.5. The van der Waals surface area contributed by atoms with E-state index in [1.165, 1.54) is 6.07 Å². The first kappa shape index (κ1) is 23.2. The summed E-state index contributed by atoms with van der Waals surface area (Å²) in [6, 6.07) is 10.4. The molecule has 2 aromatic carbocycles. The number of rotatable bonds is 6. The quantitative estimate of drug-likeness (QED) is 0.625. The van der Waals surface area contributed by atoms with Crippen molar-refractivity contribution < 1.29 is 23.1 Å². The molecule has 5 nitrogen and oxygen atoms in total. The highest BCUT2D eigenvalue weighted by atomic mass is 79.9. The number of carbonyl (C=O) groups is 2. The number of ether oxygens (including phenoxy) is 1. The molecule has 8 heteroatoms. The number of hydrogen-bond acceptors (Lipinski definition) is 3. The summed E-state index contributed by atoms with van der Waals surface area (Å²) in [5, 5.41) is 2.80. The van der Waals surface area contributed by atoms with Crippen LogP contribution in [0, 0.1) is 19.8 Å². The van der Waals surface area contributed by atoms with Gasteiger partial charge in [-0.1, -0.05) is 33.1 Å². The Labute approximate surface area is 188 Å². The van der Waals surface area contributed by atoms with E-state index in [4.69, 9.17) is 0 Å². The molecule has 1 aliphatic heterocycles. The summed E-state index contributed by atoms with van der Waals surface area (Å²) in [7, 11) is 0. The summed E-state index contributed by atoms with van der Waals surface area (Å²) < 4.78 is 30.5. The van der Waals surface area contributed by atoms with E-state index in [0.29, 0.717) is 35.1 Å². The van der Waals surface area contributed by atoms with Gasteiger partial charge in [-0.2, -0.15) is 8.78 Å². The van der Waals surface area contributed by atoms with Crippen molar-refractivity contribution in [3.8, 4) is 5.75 Å². The van der Waals surface area contributed by atoms with Gasteiger partial charge in [-0.15, -0.1) is 0 Å². The molecule has 2 amide bonds. The van der Waals surface area contributed by atoms with Crippen molar-refractivity contribution in [2.75, 3.05) is 13.1 Å². The van der Waals surface area contributed by atoms with E-state index >= 15 is 0 Å². The first-order valence-corrected chi connectivity index (χ1v) is 10.9. The lowest BCUT2D eigenvalue weighted by atomic mass is 9.96. The van der Waals surface area contributed by atoms with E-state index in [1.54, 1.807) is 17.0 Å². The van der Waals surface area contributed by atoms with Gasteiger partial charge in [0.15, 0.2) is 0 Å². The lowest BCUT2D eigenvalue weighted by molar-refractivity contribution is -0.126. The minimum Gasteiger partial charge on any atom is -0.434 e. The van der Waals surface area contributed by atoms with Gasteiger partial charge in [0.2, 0.25) is 5.91 Å². The summed E-state index contributed by atoms with van der Waals surface area (Å²) in [5.41, 5.74) is 3.11. The van der Waals surface area contributed by atoms with Crippen molar-refractivity contribution in [2.45, 2.75) is 39.8 Å². The fourth-order valence-corrected chi connectivity index (χ4v) is 4.29. The number of piperidine rings is 1. The number of amides is 2. The van der Waals surface area contributed by atoms with Gasteiger partial charge in [0.05, 0.1) is 5.92 Å². The van der Waals surface area contributed by atoms with Gasteiger partial charge < -0.3 is 15.0 Å². The Morgan fingerprint density at radius 1 is 1.19 bits per heavy atom. The third-order valence-corrected chi connectivity index (χ3v) is 5.73. The number of alkyl halides is 2. The highest BCUT2D eigenvalue weighted by Gasteiger charge is 2.29. The van der Waals surface area contributed by atoms with Crippen LogP contribution in [0.5, 0.6) is 5.75 Å². The molecule has 0 spiro atoms. The van der Waals surface area contributed by atoms with Crippen molar-refractivity contribution in [1.29, 1.82) is 0 Å². The summed E-state index contributed by atoms with van der Waals surface area (Å²) in [5.74, 6) is -0.617. The number of nitrogens with zero attached hydrogens (tertiary/aromatic N) is 1. The fourth-order valence-electron chi connectivity index (χ4n) is 3.88. The zero-order chi connectivity index (χ0) is 22.5. The molecule has 1 fully saturated rings. The number of nitrogens with one attached hydrogen (secondary N) is 1. The van der Waals surface area contributed by atoms with Gasteiger partial charge in [-0.05, 0) is 57.0 Å². The third kappa shape index (κ3) is 6.26. The van der Waals surface area contributed by atoms with Crippen LogP contribution in [0.3, 0.4) is 0 Å². The van der Waals surface area contributed by atoms with Crippen LogP contribution in [0.2, 0.25) is 0 Å². The van der Waals surface area contributed by atoms with Crippen LogP contribution < -0.4 is 10.1 Å². The van der Waals surface area contributed by atoms with Gasteiger partial charge >= 0.3 is 6.61 Å². The monoisotopic (exact) mass is 494 g/mol. The van der Waals surface area contributed by atoms with Crippen molar-refractivity contribution >= 4 is 27.7 Å². The molecule has 1 unspecified atom stereocenters. The maximum Gasteiger partial charge on any atom is 0.387 e. The molecule has 1 atom stereocenters. The predicted molar refractivity (Wildman–Crippen MR) is 117 cm³/mol. The lowest BCUT2D eigenvalue weighted by Gasteiger charge is -2.32. The highest BCUT2D eigenvalue weighted by molar-refractivity contribution is 9.10. The molecule has 1 N–H and O–H groups in total. The van der Waals surface area contributed by atoms with Crippen LogP contribution >= 0.6 is 15.9 Å². The van der Waals surface area contributed by atoms with Crippen molar-refractivity contribution in [3.05, 3.63) is 63.1 Å². The average molecular weight is 495 g/mol. The maximum absolute atomic E-state index is 12.9. The molecule has 1 saturated heterocycles. The Balaban J connectivity index is 1.64. The van der Waals surface area contributed by atoms with Gasteiger partial charge in [0, 0.05) is 35.2 Å². The van der Waals surface area contributed by atoms with E-state index in [-0.39, 0.29) is 30.0 Å². The van der Waals surface area contributed by atoms with Crippen LogP contribution in [0.4, 0.5) is 8.78 Å².